The molecular formula is C51H90O6. The predicted octanol–water partition coefficient (Wildman–Crippen LogP) is 16.3. The van der Waals surface area contributed by atoms with Crippen LogP contribution >= 0.6 is 0 Å². The van der Waals surface area contributed by atoms with Crippen molar-refractivity contribution in [3.63, 3.8) is 0 Å². The molecule has 0 aliphatic heterocycles. The molecule has 0 saturated carbocycles. The van der Waals surface area contributed by atoms with Gasteiger partial charge in [0.1, 0.15) is 0 Å². The molecule has 57 heavy (non-hydrogen) atoms. The standard InChI is InChI=1S/C51H90O6/c1-4-7-10-13-16-19-22-25-28-31-34-37-43-55-49(52)46-41-40-42-47(50(53)56-44-38-35-32-29-26-23-20-17-14-11-8-5-2)48(46)51(54)57-45-39-36-33-30-27-24-21-18-15-12-9-6-3/h40-42H,4-39,43-45H2,1-3H3. The number of hydrogen-bond acceptors (Lipinski definition) is 6. The SMILES string of the molecule is CCCCCCCCCCCCCCOC(=O)c1cccc(C(=O)OCCCCCCCCCCCCCC)c1C(=O)OCCCCCCCCCCCCCC. The van der Waals surface area contributed by atoms with Gasteiger partial charge in [-0.25, -0.2) is 14.4 Å². The summed E-state index contributed by atoms with van der Waals surface area (Å²) in [5.74, 6) is -1.84. The Hall–Kier alpha value is -2.37. The molecule has 0 aliphatic rings. The van der Waals surface area contributed by atoms with E-state index in [1.165, 1.54) is 173 Å². The molecule has 0 aliphatic carbocycles. The molecule has 1 aromatic carbocycles. The molecule has 0 heterocycles. The second-order valence-corrected chi connectivity index (χ2v) is 16.8. The van der Waals surface area contributed by atoms with Crippen LogP contribution in [0.1, 0.15) is 283 Å². The van der Waals surface area contributed by atoms with Crippen LogP contribution in [0.25, 0.3) is 0 Å². The van der Waals surface area contributed by atoms with Gasteiger partial charge in [0.05, 0.1) is 36.5 Å². The summed E-state index contributed by atoms with van der Waals surface area (Å²) in [5, 5.41) is 0. The average Bonchev–Trinajstić information content (AvgIpc) is 3.22. The first-order valence-corrected chi connectivity index (χ1v) is 24.7. The highest BCUT2D eigenvalue weighted by atomic mass is 16.5. The molecule has 0 atom stereocenters. The van der Waals surface area contributed by atoms with Gasteiger partial charge in [0.25, 0.3) is 0 Å². The average molecular weight is 799 g/mol. The van der Waals surface area contributed by atoms with Gasteiger partial charge in [0, 0.05) is 0 Å². The first kappa shape index (κ1) is 52.6. The number of hydrogen-bond donors (Lipinski definition) is 0. The fourth-order valence-corrected chi connectivity index (χ4v) is 7.66. The molecule has 0 N–H and O–H groups in total. The molecule has 0 radical (unpaired) electrons. The van der Waals surface area contributed by atoms with Crippen LogP contribution < -0.4 is 0 Å². The van der Waals surface area contributed by atoms with Gasteiger partial charge in [0.2, 0.25) is 0 Å². The minimum Gasteiger partial charge on any atom is -0.462 e. The topological polar surface area (TPSA) is 78.9 Å². The molecule has 1 rings (SSSR count). The van der Waals surface area contributed by atoms with E-state index < -0.39 is 17.9 Å². The van der Waals surface area contributed by atoms with Gasteiger partial charge in [-0.05, 0) is 31.4 Å². The molecule has 0 amide bonds. The summed E-state index contributed by atoms with van der Waals surface area (Å²) >= 11 is 0. The third-order valence-corrected chi connectivity index (χ3v) is 11.4. The Morgan fingerprint density at radius 2 is 0.526 bits per heavy atom. The molecule has 0 aromatic heterocycles. The third-order valence-electron chi connectivity index (χ3n) is 11.4. The molecular weight excluding hydrogens is 709 g/mol. The Morgan fingerprint density at radius 1 is 0.316 bits per heavy atom. The smallest absolute Gasteiger partial charge is 0.339 e. The van der Waals surface area contributed by atoms with Gasteiger partial charge >= 0.3 is 17.9 Å². The number of benzene rings is 1. The summed E-state index contributed by atoms with van der Waals surface area (Å²) in [6.07, 6.45) is 44.2. The van der Waals surface area contributed by atoms with Crippen molar-refractivity contribution in [2.45, 2.75) is 252 Å². The molecule has 0 saturated heterocycles. The van der Waals surface area contributed by atoms with Crippen molar-refractivity contribution in [2.24, 2.45) is 0 Å². The highest BCUT2D eigenvalue weighted by Gasteiger charge is 2.27. The summed E-state index contributed by atoms with van der Waals surface area (Å²) in [4.78, 5) is 40.2. The van der Waals surface area contributed by atoms with Gasteiger partial charge in [-0.15, -0.1) is 0 Å². The van der Waals surface area contributed by atoms with Gasteiger partial charge in [-0.1, -0.05) is 239 Å². The van der Waals surface area contributed by atoms with Crippen LogP contribution in [0.5, 0.6) is 0 Å². The van der Waals surface area contributed by atoms with E-state index in [-0.39, 0.29) is 36.5 Å². The van der Waals surface area contributed by atoms with E-state index in [0.29, 0.717) is 0 Å². The van der Waals surface area contributed by atoms with Crippen LogP contribution in [0.15, 0.2) is 18.2 Å². The highest BCUT2D eigenvalue weighted by molar-refractivity contribution is 6.10. The Labute approximate surface area is 352 Å². The van der Waals surface area contributed by atoms with E-state index in [2.05, 4.69) is 20.8 Å². The zero-order valence-electron chi connectivity index (χ0n) is 37.8. The van der Waals surface area contributed by atoms with E-state index in [4.69, 9.17) is 14.2 Å². The van der Waals surface area contributed by atoms with Crippen molar-refractivity contribution >= 4 is 17.9 Å². The number of unbranched alkanes of at least 4 members (excludes halogenated alkanes) is 33. The fraction of sp³-hybridized carbons (Fsp3) is 0.824. The van der Waals surface area contributed by atoms with Crippen molar-refractivity contribution in [2.75, 3.05) is 19.8 Å². The first-order valence-electron chi connectivity index (χ1n) is 24.7. The lowest BCUT2D eigenvalue weighted by molar-refractivity contribution is 0.0430. The lowest BCUT2D eigenvalue weighted by atomic mass is 10.0. The summed E-state index contributed by atoms with van der Waals surface area (Å²) in [7, 11) is 0. The summed E-state index contributed by atoms with van der Waals surface area (Å²) in [6.45, 7) is 7.61. The van der Waals surface area contributed by atoms with Gasteiger partial charge in [-0.2, -0.15) is 0 Å². The number of rotatable bonds is 42. The minimum atomic E-state index is -0.659. The molecule has 0 fully saturated rings. The van der Waals surface area contributed by atoms with Crippen LogP contribution in [-0.2, 0) is 14.2 Å². The lowest BCUT2D eigenvalue weighted by Gasteiger charge is -2.14. The number of esters is 3. The van der Waals surface area contributed by atoms with Crippen LogP contribution in [0.2, 0.25) is 0 Å². The van der Waals surface area contributed by atoms with Gasteiger partial charge in [-0.3, -0.25) is 0 Å². The summed E-state index contributed by atoms with van der Waals surface area (Å²) in [5.41, 5.74) is 0.123. The Kier molecular flexibility index (Phi) is 37.3. The molecule has 1 aromatic rings. The largest absolute Gasteiger partial charge is 0.462 e. The van der Waals surface area contributed by atoms with Gasteiger partial charge < -0.3 is 14.2 Å². The lowest BCUT2D eigenvalue weighted by Crippen LogP contribution is -2.20. The van der Waals surface area contributed by atoms with E-state index in [1.807, 2.05) is 0 Å². The summed E-state index contributed by atoms with van der Waals surface area (Å²) < 4.78 is 17.0. The normalized spacial score (nSPS) is 11.2. The van der Waals surface area contributed by atoms with E-state index in [1.54, 1.807) is 18.2 Å². The number of ether oxygens (including phenoxy) is 3. The minimum absolute atomic E-state index is 0.0316. The van der Waals surface area contributed by atoms with Crippen LogP contribution in [0.3, 0.4) is 0 Å². The van der Waals surface area contributed by atoms with E-state index >= 15 is 0 Å². The van der Waals surface area contributed by atoms with Crippen molar-refractivity contribution < 1.29 is 28.6 Å². The van der Waals surface area contributed by atoms with Crippen molar-refractivity contribution in [3.8, 4) is 0 Å². The second kappa shape index (κ2) is 40.4. The van der Waals surface area contributed by atoms with Crippen LogP contribution in [0, 0.1) is 0 Å². The van der Waals surface area contributed by atoms with E-state index in [9.17, 15) is 14.4 Å². The maximum absolute atomic E-state index is 13.5. The van der Waals surface area contributed by atoms with Gasteiger partial charge in [0.15, 0.2) is 0 Å². The fourth-order valence-electron chi connectivity index (χ4n) is 7.66. The van der Waals surface area contributed by atoms with Crippen LogP contribution in [0.4, 0.5) is 0 Å². The maximum Gasteiger partial charge on any atom is 0.339 e. The zero-order chi connectivity index (χ0) is 41.3. The third kappa shape index (κ3) is 30.4. The molecule has 0 bridgehead atoms. The molecule has 6 heteroatoms. The van der Waals surface area contributed by atoms with Crippen molar-refractivity contribution in [3.05, 3.63) is 34.9 Å². The second-order valence-electron chi connectivity index (χ2n) is 16.8. The first-order chi connectivity index (χ1) is 28.1. The highest BCUT2D eigenvalue weighted by Crippen LogP contribution is 2.21. The maximum atomic E-state index is 13.5. The summed E-state index contributed by atoms with van der Waals surface area (Å²) in [6, 6.07) is 4.75. The Balaban J connectivity index is 2.56. The Bertz CT molecular complexity index is 1020. The molecule has 6 nitrogen and oxygen atoms in total. The quantitative estimate of drug-likeness (QED) is 0.0372. The zero-order valence-corrected chi connectivity index (χ0v) is 37.8. The van der Waals surface area contributed by atoms with E-state index in [0.717, 1.165) is 57.8 Å². The number of carbonyl (C=O) groups is 3. The predicted molar refractivity (Wildman–Crippen MR) is 241 cm³/mol. The number of carbonyl (C=O) groups excluding carboxylic acids is 3. The molecule has 0 spiro atoms. The van der Waals surface area contributed by atoms with Crippen LogP contribution in [-0.4, -0.2) is 37.7 Å². The monoisotopic (exact) mass is 799 g/mol. The Morgan fingerprint density at radius 3 is 0.772 bits per heavy atom. The van der Waals surface area contributed by atoms with Crippen molar-refractivity contribution in [1.29, 1.82) is 0 Å². The molecule has 0 unspecified atom stereocenters. The van der Waals surface area contributed by atoms with Crippen molar-refractivity contribution in [1.82, 2.24) is 0 Å². The molecule has 330 valence electrons.